The van der Waals surface area contributed by atoms with Crippen molar-refractivity contribution < 1.29 is 0 Å². The summed E-state index contributed by atoms with van der Waals surface area (Å²) < 4.78 is 0. The molecule has 130 valence electrons. The van der Waals surface area contributed by atoms with Gasteiger partial charge in [-0.3, -0.25) is 4.90 Å². The Kier molecular flexibility index (Phi) is 6.71. The summed E-state index contributed by atoms with van der Waals surface area (Å²) in [6.45, 7) is 4.32. The van der Waals surface area contributed by atoms with Crippen molar-refractivity contribution in [2.75, 3.05) is 6.54 Å². The van der Waals surface area contributed by atoms with Gasteiger partial charge in [-0.15, -0.1) is 5.92 Å². The number of unbranched alkanes of at least 4 members (excludes halogenated alkanes) is 4. The number of hydrogen-bond acceptors (Lipinski definition) is 1. The van der Waals surface area contributed by atoms with Gasteiger partial charge in [-0.05, 0) is 29.5 Å². The van der Waals surface area contributed by atoms with Crippen molar-refractivity contribution in [2.45, 2.75) is 58.0 Å². The first-order valence-electron chi connectivity index (χ1n) is 9.72. The van der Waals surface area contributed by atoms with Gasteiger partial charge in [-0.2, -0.15) is 0 Å². The Morgan fingerprint density at radius 3 is 2.60 bits per heavy atom. The van der Waals surface area contributed by atoms with Crippen LogP contribution in [0.2, 0.25) is 0 Å². The zero-order chi connectivity index (χ0) is 17.3. The van der Waals surface area contributed by atoms with Crippen LogP contribution in [0.25, 0.3) is 0 Å². The molecular weight excluding hydrogens is 302 g/mol. The van der Waals surface area contributed by atoms with Crippen LogP contribution in [0.1, 0.15) is 61.8 Å². The van der Waals surface area contributed by atoms with Crippen molar-refractivity contribution in [1.29, 1.82) is 0 Å². The van der Waals surface area contributed by atoms with E-state index < -0.39 is 0 Å². The molecule has 0 fully saturated rings. The summed E-state index contributed by atoms with van der Waals surface area (Å²) in [6.07, 6.45) is 7.30. The zero-order valence-electron chi connectivity index (χ0n) is 15.4. The minimum absolute atomic E-state index is 0.233. The van der Waals surface area contributed by atoms with E-state index in [1.54, 1.807) is 0 Å². The molecule has 1 heteroatoms. The summed E-state index contributed by atoms with van der Waals surface area (Å²) in [5, 5.41) is 0. The van der Waals surface area contributed by atoms with Crippen LogP contribution < -0.4 is 0 Å². The molecule has 2 aromatic rings. The maximum Gasteiger partial charge on any atom is 0.0976 e. The molecule has 1 unspecified atom stereocenters. The van der Waals surface area contributed by atoms with E-state index in [-0.39, 0.29) is 6.04 Å². The molecule has 1 atom stereocenters. The summed E-state index contributed by atoms with van der Waals surface area (Å²) in [4.78, 5) is 2.54. The quantitative estimate of drug-likeness (QED) is 0.480. The Balaban J connectivity index is 1.74. The number of nitrogens with zero attached hydrogens (tertiary/aromatic N) is 1. The predicted molar refractivity (Wildman–Crippen MR) is 106 cm³/mol. The predicted octanol–water partition coefficient (Wildman–Crippen LogP) is 5.76. The molecule has 3 rings (SSSR count). The standard InChI is InChI=1S/C24H29N/c1-2-3-4-5-6-10-17-24-23-16-12-11-15-22(23)18-19-25(24)20-21-13-8-7-9-14-21/h7-9,11-16,24H,2-6,18-20H2,1H3. The highest BCUT2D eigenvalue weighted by Gasteiger charge is 2.25. The van der Waals surface area contributed by atoms with Crippen molar-refractivity contribution in [3.8, 4) is 11.8 Å². The summed E-state index contributed by atoms with van der Waals surface area (Å²) in [5.41, 5.74) is 4.25. The van der Waals surface area contributed by atoms with Gasteiger partial charge in [0.25, 0.3) is 0 Å². The van der Waals surface area contributed by atoms with E-state index >= 15 is 0 Å². The van der Waals surface area contributed by atoms with E-state index in [1.165, 1.54) is 42.4 Å². The topological polar surface area (TPSA) is 3.24 Å². The summed E-state index contributed by atoms with van der Waals surface area (Å²) >= 11 is 0. The van der Waals surface area contributed by atoms with E-state index in [9.17, 15) is 0 Å². The number of rotatable bonds is 6. The van der Waals surface area contributed by atoms with Crippen LogP contribution in [0.15, 0.2) is 54.6 Å². The second kappa shape index (κ2) is 9.44. The van der Waals surface area contributed by atoms with Crippen LogP contribution in [-0.4, -0.2) is 11.4 Å². The van der Waals surface area contributed by atoms with Crippen molar-refractivity contribution in [3.63, 3.8) is 0 Å². The summed E-state index contributed by atoms with van der Waals surface area (Å²) in [7, 11) is 0. The van der Waals surface area contributed by atoms with Crippen molar-refractivity contribution in [1.82, 2.24) is 4.90 Å². The molecule has 0 spiro atoms. The van der Waals surface area contributed by atoms with Gasteiger partial charge >= 0.3 is 0 Å². The number of benzene rings is 2. The maximum absolute atomic E-state index is 3.60. The molecular formula is C24H29N. The summed E-state index contributed by atoms with van der Waals surface area (Å²) in [5.74, 6) is 7.08. The molecule has 0 aromatic heterocycles. The SMILES string of the molecule is CCCCCCC#CC1c2ccccc2CCN1Cc1ccccc1. The molecule has 0 bridgehead atoms. The highest BCUT2D eigenvalue weighted by Crippen LogP contribution is 2.30. The molecule has 2 aromatic carbocycles. The van der Waals surface area contributed by atoms with Gasteiger partial charge < -0.3 is 0 Å². The lowest BCUT2D eigenvalue weighted by atomic mass is 9.92. The van der Waals surface area contributed by atoms with Gasteiger partial charge in [0.2, 0.25) is 0 Å². The van der Waals surface area contributed by atoms with Gasteiger partial charge in [-0.1, -0.05) is 86.7 Å². The molecule has 0 amide bonds. The van der Waals surface area contributed by atoms with Crippen molar-refractivity contribution in [2.24, 2.45) is 0 Å². The Morgan fingerprint density at radius 1 is 0.960 bits per heavy atom. The molecule has 1 nitrogen and oxygen atoms in total. The van der Waals surface area contributed by atoms with Gasteiger partial charge in [0.1, 0.15) is 0 Å². The first-order chi connectivity index (χ1) is 12.4. The van der Waals surface area contributed by atoms with Gasteiger partial charge in [0.15, 0.2) is 0 Å². The van der Waals surface area contributed by atoms with Gasteiger partial charge in [-0.25, -0.2) is 0 Å². The van der Waals surface area contributed by atoms with Crippen LogP contribution in [0.3, 0.4) is 0 Å². The number of hydrogen-bond donors (Lipinski definition) is 0. The minimum atomic E-state index is 0.233. The van der Waals surface area contributed by atoms with Gasteiger partial charge in [0, 0.05) is 19.5 Å². The van der Waals surface area contributed by atoms with Crippen LogP contribution >= 0.6 is 0 Å². The van der Waals surface area contributed by atoms with E-state index in [0.29, 0.717) is 0 Å². The molecule has 25 heavy (non-hydrogen) atoms. The lowest BCUT2D eigenvalue weighted by molar-refractivity contribution is 0.216. The molecule has 1 aliphatic rings. The molecule has 0 aliphatic carbocycles. The molecule has 0 saturated carbocycles. The Bertz CT molecular complexity index is 708. The van der Waals surface area contributed by atoms with E-state index in [4.69, 9.17) is 0 Å². The fraction of sp³-hybridized carbons (Fsp3) is 0.417. The van der Waals surface area contributed by atoms with Crippen molar-refractivity contribution in [3.05, 3.63) is 71.3 Å². The Hall–Kier alpha value is -2.04. The average molecular weight is 332 g/mol. The first-order valence-corrected chi connectivity index (χ1v) is 9.72. The highest BCUT2D eigenvalue weighted by atomic mass is 15.2. The zero-order valence-corrected chi connectivity index (χ0v) is 15.4. The maximum atomic E-state index is 3.60. The fourth-order valence-electron chi connectivity index (χ4n) is 3.58. The van der Waals surface area contributed by atoms with Crippen molar-refractivity contribution >= 4 is 0 Å². The Morgan fingerprint density at radius 2 is 1.76 bits per heavy atom. The van der Waals surface area contributed by atoms with Crippen LogP contribution in [0.5, 0.6) is 0 Å². The smallest absolute Gasteiger partial charge is 0.0976 e. The monoisotopic (exact) mass is 331 g/mol. The third kappa shape index (κ3) is 4.97. The lowest BCUT2D eigenvalue weighted by Crippen LogP contribution is -2.34. The molecule has 0 saturated heterocycles. The molecule has 0 radical (unpaired) electrons. The lowest BCUT2D eigenvalue weighted by Gasteiger charge is -2.34. The third-order valence-electron chi connectivity index (χ3n) is 5.01. The minimum Gasteiger partial charge on any atom is -0.281 e. The van der Waals surface area contributed by atoms with Crippen LogP contribution in [0, 0.1) is 11.8 Å². The molecule has 1 heterocycles. The first kappa shape index (κ1) is 17.8. The average Bonchev–Trinajstić information content (AvgIpc) is 2.66. The largest absolute Gasteiger partial charge is 0.281 e. The highest BCUT2D eigenvalue weighted by molar-refractivity contribution is 5.37. The van der Waals surface area contributed by atoms with Crippen LogP contribution in [-0.2, 0) is 13.0 Å². The van der Waals surface area contributed by atoms with E-state index in [2.05, 4.69) is 78.3 Å². The summed E-state index contributed by atoms with van der Waals surface area (Å²) in [6, 6.07) is 19.9. The van der Waals surface area contributed by atoms with Gasteiger partial charge in [0.05, 0.1) is 6.04 Å². The normalized spacial score (nSPS) is 16.8. The molecule has 1 aliphatic heterocycles. The molecule has 0 N–H and O–H groups in total. The fourth-order valence-corrected chi connectivity index (χ4v) is 3.58. The second-order valence-electron chi connectivity index (χ2n) is 6.94. The van der Waals surface area contributed by atoms with Crippen LogP contribution in [0.4, 0.5) is 0 Å². The third-order valence-corrected chi connectivity index (χ3v) is 5.01. The Labute approximate surface area is 153 Å². The second-order valence-corrected chi connectivity index (χ2v) is 6.94. The number of fused-ring (bicyclic) bond motifs is 1. The van der Waals surface area contributed by atoms with E-state index in [0.717, 1.165) is 25.9 Å². The van der Waals surface area contributed by atoms with E-state index in [1.807, 2.05) is 0 Å².